The van der Waals surface area contributed by atoms with Crippen LogP contribution in [0.5, 0.6) is 23.0 Å². The number of carbonyl (C=O) groups is 1. The highest BCUT2D eigenvalue weighted by Crippen LogP contribution is 2.30. The summed E-state index contributed by atoms with van der Waals surface area (Å²) < 4.78 is 21.2. The Labute approximate surface area is 153 Å². The first kappa shape index (κ1) is 19.2. The molecule has 2 aromatic rings. The molecule has 0 fully saturated rings. The lowest BCUT2D eigenvalue weighted by Gasteiger charge is -2.11. The summed E-state index contributed by atoms with van der Waals surface area (Å²) in [6.07, 6.45) is 3.13. The number of benzene rings is 2. The van der Waals surface area contributed by atoms with Gasteiger partial charge in [0.05, 0.1) is 27.9 Å². The van der Waals surface area contributed by atoms with E-state index in [4.69, 9.17) is 18.9 Å². The molecule has 0 aliphatic heterocycles. The largest absolute Gasteiger partial charge is 0.497 e. The summed E-state index contributed by atoms with van der Waals surface area (Å²) in [5.74, 6) is 2.23. The average molecular weight is 357 g/mol. The summed E-state index contributed by atoms with van der Waals surface area (Å²) in [6.45, 7) is 2.43. The molecule has 0 spiro atoms. The summed E-state index contributed by atoms with van der Waals surface area (Å²) in [6, 6.07) is 10.6. The van der Waals surface area contributed by atoms with Crippen molar-refractivity contribution in [3.8, 4) is 23.0 Å². The van der Waals surface area contributed by atoms with Gasteiger partial charge in [-0.2, -0.15) is 0 Å². The Kier molecular flexibility index (Phi) is 6.91. The van der Waals surface area contributed by atoms with E-state index in [9.17, 15) is 4.79 Å². The zero-order valence-electron chi connectivity index (χ0n) is 15.4. The second-order valence-electron chi connectivity index (χ2n) is 5.27. The molecule has 6 heteroatoms. The number of carbonyl (C=O) groups excluding carboxylic acids is 1. The smallest absolute Gasteiger partial charge is 0.248 e. The van der Waals surface area contributed by atoms with Crippen LogP contribution in [-0.2, 0) is 4.79 Å². The van der Waals surface area contributed by atoms with Gasteiger partial charge in [0, 0.05) is 23.9 Å². The van der Waals surface area contributed by atoms with Crippen LogP contribution in [0.25, 0.3) is 6.08 Å². The van der Waals surface area contributed by atoms with E-state index in [-0.39, 0.29) is 5.91 Å². The molecule has 0 radical (unpaired) electrons. The molecule has 0 aliphatic rings. The van der Waals surface area contributed by atoms with Gasteiger partial charge in [-0.15, -0.1) is 0 Å². The molecule has 0 aromatic heterocycles. The number of rotatable bonds is 8. The monoisotopic (exact) mass is 357 g/mol. The van der Waals surface area contributed by atoms with Crippen LogP contribution in [0.2, 0.25) is 0 Å². The first-order valence-electron chi connectivity index (χ1n) is 8.12. The van der Waals surface area contributed by atoms with Crippen molar-refractivity contribution >= 4 is 17.7 Å². The zero-order chi connectivity index (χ0) is 18.9. The lowest BCUT2D eigenvalue weighted by molar-refractivity contribution is -0.111. The maximum absolute atomic E-state index is 12.2. The van der Waals surface area contributed by atoms with Crippen molar-refractivity contribution in [3.05, 3.63) is 48.0 Å². The zero-order valence-corrected chi connectivity index (χ0v) is 15.4. The van der Waals surface area contributed by atoms with Gasteiger partial charge >= 0.3 is 0 Å². The van der Waals surface area contributed by atoms with Crippen LogP contribution >= 0.6 is 0 Å². The maximum atomic E-state index is 12.2. The van der Waals surface area contributed by atoms with E-state index in [0.29, 0.717) is 35.3 Å². The second kappa shape index (κ2) is 9.36. The van der Waals surface area contributed by atoms with Crippen LogP contribution in [0, 0.1) is 0 Å². The van der Waals surface area contributed by atoms with Gasteiger partial charge in [-0.1, -0.05) is 0 Å². The lowest BCUT2D eigenvalue weighted by Crippen LogP contribution is -2.08. The first-order valence-corrected chi connectivity index (χ1v) is 8.12. The van der Waals surface area contributed by atoms with Crippen molar-refractivity contribution in [1.82, 2.24) is 0 Å². The minimum atomic E-state index is -0.266. The number of amides is 1. The fourth-order valence-electron chi connectivity index (χ4n) is 2.30. The molecule has 1 amide bonds. The van der Waals surface area contributed by atoms with Gasteiger partial charge in [0.2, 0.25) is 5.91 Å². The molecule has 2 aromatic carbocycles. The Morgan fingerprint density at radius 1 is 0.962 bits per heavy atom. The van der Waals surface area contributed by atoms with Crippen molar-refractivity contribution in [2.24, 2.45) is 0 Å². The molecule has 0 atom stereocenters. The SMILES string of the molecule is CCOc1ccc(NC(=O)/C=C/c2cc(OC)cc(OC)c2)cc1OC. The Morgan fingerprint density at radius 2 is 1.65 bits per heavy atom. The third-order valence-corrected chi connectivity index (χ3v) is 3.53. The number of ether oxygens (including phenoxy) is 4. The molecular formula is C20H23NO5. The number of hydrogen-bond acceptors (Lipinski definition) is 5. The molecule has 138 valence electrons. The lowest BCUT2D eigenvalue weighted by atomic mass is 10.2. The summed E-state index contributed by atoms with van der Waals surface area (Å²) in [5.41, 5.74) is 1.41. The Hall–Kier alpha value is -3.15. The van der Waals surface area contributed by atoms with E-state index in [1.165, 1.54) is 6.08 Å². The van der Waals surface area contributed by atoms with E-state index >= 15 is 0 Å². The normalized spacial score (nSPS) is 10.5. The number of anilines is 1. The minimum absolute atomic E-state index is 0.266. The van der Waals surface area contributed by atoms with Gasteiger partial charge in [-0.05, 0) is 42.8 Å². The van der Waals surface area contributed by atoms with Crippen LogP contribution in [0.4, 0.5) is 5.69 Å². The third kappa shape index (κ3) is 5.17. The van der Waals surface area contributed by atoms with Crippen LogP contribution in [0.1, 0.15) is 12.5 Å². The fraction of sp³-hybridized carbons (Fsp3) is 0.250. The van der Waals surface area contributed by atoms with Crippen LogP contribution in [0.15, 0.2) is 42.5 Å². The number of methoxy groups -OCH3 is 3. The third-order valence-electron chi connectivity index (χ3n) is 3.53. The highest BCUT2D eigenvalue weighted by atomic mass is 16.5. The molecular weight excluding hydrogens is 334 g/mol. The van der Waals surface area contributed by atoms with Crippen molar-refractivity contribution in [3.63, 3.8) is 0 Å². The molecule has 6 nitrogen and oxygen atoms in total. The topological polar surface area (TPSA) is 66.0 Å². The van der Waals surface area contributed by atoms with Gasteiger partial charge in [0.25, 0.3) is 0 Å². The minimum Gasteiger partial charge on any atom is -0.497 e. The Morgan fingerprint density at radius 3 is 2.23 bits per heavy atom. The maximum Gasteiger partial charge on any atom is 0.248 e. The first-order chi connectivity index (χ1) is 12.6. The molecule has 0 heterocycles. The van der Waals surface area contributed by atoms with Gasteiger partial charge in [-0.3, -0.25) is 4.79 Å². The van der Waals surface area contributed by atoms with E-state index in [1.807, 2.05) is 19.1 Å². The molecule has 0 saturated heterocycles. The standard InChI is InChI=1S/C20H23NO5/c1-5-26-18-8-7-15(12-19(18)25-4)21-20(22)9-6-14-10-16(23-2)13-17(11-14)24-3/h6-13H,5H2,1-4H3,(H,21,22)/b9-6+. The Balaban J connectivity index is 2.10. The van der Waals surface area contributed by atoms with Gasteiger partial charge in [0.1, 0.15) is 11.5 Å². The summed E-state index contributed by atoms with van der Waals surface area (Å²) in [5, 5.41) is 2.79. The van der Waals surface area contributed by atoms with Gasteiger partial charge in [0.15, 0.2) is 11.5 Å². The number of hydrogen-bond donors (Lipinski definition) is 1. The molecule has 0 aliphatic carbocycles. The molecule has 26 heavy (non-hydrogen) atoms. The summed E-state index contributed by atoms with van der Waals surface area (Å²) in [4.78, 5) is 12.2. The molecule has 0 bridgehead atoms. The average Bonchev–Trinajstić information content (AvgIpc) is 2.67. The van der Waals surface area contributed by atoms with Crippen LogP contribution < -0.4 is 24.3 Å². The molecule has 2 rings (SSSR count). The van der Waals surface area contributed by atoms with Crippen molar-refractivity contribution in [2.75, 3.05) is 33.3 Å². The van der Waals surface area contributed by atoms with E-state index in [1.54, 1.807) is 51.7 Å². The van der Waals surface area contributed by atoms with Crippen molar-refractivity contribution < 1.29 is 23.7 Å². The van der Waals surface area contributed by atoms with E-state index in [2.05, 4.69) is 5.32 Å². The quantitative estimate of drug-likeness (QED) is 0.729. The van der Waals surface area contributed by atoms with Gasteiger partial charge in [-0.25, -0.2) is 0 Å². The van der Waals surface area contributed by atoms with Crippen LogP contribution in [0.3, 0.4) is 0 Å². The van der Waals surface area contributed by atoms with E-state index < -0.39 is 0 Å². The van der Waals surface area contributed by atoms with E-state index in [0.717, 1.165) is 5.56 Å². The van der Waals surface area contributed by atoms with Gasteiger partial charge < -0.3 is 24.3 Å². The summed E-state index contributed by atoms with van der Waals surface area (Å²) in [7, 11) is 4.71. The summed E-state index contributed by atoms with van der Waals surface area (Å²) >= 11 is 0. The fourth-order valence-corrected chi connectivity index (χ4v) is 2.30. The highest BCUT2D eigenvalue weighted by Gasteiger charge is 2.07. The number of nitrogens with one attached hydrogen (secondary N) is 1. The second-order valence-corrected chi connectivity index (χ2v) is 5.27. The molecule has 0 unspecified atom stereocenters. The predicted molar refractivity (Wildman–Crippen MR) is 101 cm³/mol. The molecule has 0 saturated carbocycles. The molecule has 1 N–H and O–H groups in total. The van der Waals surface area contributed by atoms with Crippen LogP contribution in [-0.4, -0.2) is 33.8 Å². The van der Waals surface area contributed by atoms with Crippen molar-refractivity contribution in [2.45, 2.75) is 6.92 Å². The highest BCUT2D eigenvalue weighted by molar-refractivity contribution is 6.02. The van der Waals surface area contributed by atoms with Crippen molar-refractivity contribution in [1.29, 1.82) is 0 Å². The Bertz CT molecular complexity index is 764. The predicted octanol–water partition coefficient (Wildman–Crippen LogP) is 3.76.